The quantitative estimate of drug-likeness (QED) is 0.0989. The summed E-state index contributed by atoms with van der Waals surface area (Å²) in [5, 5.41) is 0. The van der Waals surface area contributed by atoms with Crippen molar-refractivity contribution in [3.8, 4) is 0 Å². The minimum atomic E-state index is -1.12. The fourth-order valence-electron chi connectivity index (χ4n) is 7.09. The highest BCUT2D eigenvalue weighted by molar-refractivity contribution is 5.26. The number of benzene rings is 5. The first-order valence-electron chi connectivity index (χ1n) is 17.3. The maximum absolute atomic E-state index is 6.94. The molecule has 0 spiro atoms. The van der Waals surface area contributed by atoms with Crippen LogP contribution in [0.4, 0.5) is 0 Å². The van der Waals surface area contributed by atoms with Crippen molar-refractivity contribution in [3.63, 3.8) is 0 Å². The molecular weight excluding hydrogens is 624 g/mol. The van der Waals surface area contributed by atoms with Crippen molar-refractivity contribution < 1.29 is 28.4 Å². The van der Waals surface area contributed by atoms with Crippen molar-refractivity contribution >= 4 is 0 Å². The van der Waals surface area contributed by atoms with Crippen molar-refractivity contribution in [2.75, 3.05) is 6.61 Å². The average Bonchev–Trinajstić information content (AvgIpc) is 3.39. The second kappa shape index (κ2) is 16.4. The summed E-state index contributed by atoms with van der Waals surface area (Å²) in [7, 11) is 0. The van der Waals surface area contributed by atoms with Gasteiger partial charge in [0.25, 0.3) is 0 Å². The van der Waals surface area contributed by atoms with Gasteiger partial charge in [-0.05, 0) is 27.8 Å². The van der Waals surface area contributed by atoms with Crippen LogP contribution in [-0.4, -0.2) is 30.7 Å². The molecule has 7 rings (SSSR count). The Bertz CT molecular complexity index is 1750. The normalized spacial score (nSPS) is 23.1. The molecule has 1 aliphatic heterocycles. The first kappa shape index (κ1) is 33.9. The zero-order chi connectivity index (χ0) is 34.0. The number of rotatable bonds is 17. The second-order valence-corrected chi connectivity index (χ2v) is 12.9. The average molecular weight is 669 g/mol. The Morgan fingerprint density at radius 2 is 0.940 bits per heavy atom. The molecule has 6 heteroatoms. The topological polar surface area (TPSA) is 55.4 Å². The van der Waals surface area contributed by atoms with Crippen LogP contribution in [-0.2, 0) is 61.5 Å². The molecular formula is C44H44O6. The molecule has 50 heavy (non-hydrogen) atoms. The van der Waals surface area contributed by atoms with Crippen molar-refractivity contribution in [3.05, 3.63) is 192 Å². The first-order valence-corrected chi connectivity index (χ1v) is 17.3. The molecule has 0 radical (unpaired) electrons. The maximum atomic E-state index is 6.94. The third-order valence-corrected chi connectivity index (χ3v) is 9.52. The molecule has 5 aromatic carbocycles. The zero-order valence-corrected chi connectivity index (χ0v) is 28.2. The van der Waals surface area contributed by atoms with E-state index in [4.69, 9.17) is 28.4 Å². The smallest absolute Gasteiger partial charge is 0.231 e. The van der Waals surface area contributed by atoms with E-state index in [1.165, 1.54) is 0 Å². The molecule has 1 saturated heterocycles. The molecule has 6 atom stereocenters. The Balaban J connectivity index is 1.25. The monoisotopic (exact) mass is 668 g/mol. The first-order chi connectivity index (χ1) is 24.7. The van der Waals surface area contributed by atoms with Gasteiger partial charge in [0.15, 0.2) is 0 Å². The molecule has 6 nitrogen and oxygen atoms in total. The van der Waals surface area contributed by atoms with Gasteiger partial charge >= 0.3 is 0 Å². The molecule has 1 saturated carbocycles. The Labute approximate surface area is 295 Å². The largest absolute Gasteiger partial charge is 0.465 e. The van der Waals surface area contributed by atoms with Gasteiger partial charge in [0.1, 0.15) is 17.8 Å². The number of hydrogen-bond donors (Lipinski definition) is 0. The Morgan fingerprint density at radius 3 is 1.42 bits per heavy atom. The van der Waals surface area contributed by atoms with E-state index in [0.717, 1.165) is 27.8 Å². The van der Waals surface area contributed by atoms with Crippen LogP contribution in [0.15, 0.2) is 164 Å². The minimum Gasteiger partial charge on any atom is -0.465 e. The molecule has 256 valence electrons. The van der Waals surface area contributed by atoms with E-state index >= 15 is 0 Å². The van der Waals surface area contributed by atoms with Crippen LogP contribution >= 0.6 is 0 Å². The Morgan fingerprint density at radius 1 is 0.520 bits per heavy atom. The number of hydrogen-bond acceptors (Lipinski definition) is 6. The van der Waals surface area contributed by atoms with Crippen LogP contribution in [0.1, 0.15) is 27.8 Å². The molecule has 0 bridgehead atoms. The fourth-order valence-corrected chi connectivity index (χ4v) is 7.09. The van der Waals surface area contributed by atoms with Gasteiger partial charge in [-0.2, -0.15) is 0 Å². The number of ether oxygens (including phenoxy) is 6. The molecule has 2 aliphatic rings. The minimum absolute atomic E-state index is 0.294. The fraction of sp³-hybridized carbons (Fsp3) is 0.273. The zero-order valence-electron chi connectivity index (χ0n) is 28.2. The van der Waals surface area contributed by atoms with Gasteiger partial charge in [-0.1, -0.05) is 158 Å². The van der Waals surface area contributed by atoms with E-state index in [1.54, 1.807) is 0 Å². The van der Waals surface area contributed by atoms with Crippen molar-refractivity contribution in [2.45, 2.75) is 57.1 Å². The highest BCUT2D eigenvalue weighted by atomic mass is 16.7. The summed E-state index contributed by atoms with van der Waals surface area (Å²) >= 11 is 0. The molecule has 1 heterocycles. The lowest BCUT2D eigenvalue weighted by molar-refractivity contribution is -0.344. The van der Waals surface area contributed by atoms with Gasteiger partial charge in [0, 0.05) is 0 Å². The highest BCUT2D eigenvalue weighted by Gasteiger charge is 2.74. The second-order valence-electron chi connectivity index (χ2n) is 12.9. The van der Waals surface area contributed by atoms with E-state index in [2.05, 4.69) is 67.2 Å². The van der Waals surface area contributed by atoms with Gasteiger partial charge in [-0.15, -0.1) is 0 Å². The predicted octanol–water partition coefficient (Wildman–Crippen LogP) is 8.66. The Kier molecular flexibility index (Phi) is 11.1. The van der Waals surface area contributed by atoms with Crippen LogP contribution in [0.3, 0.4) is 0 Å². The van der Waals surface area contributed by atoms with Gasteiger partial charge in [0.05, 0.1) is 57.8 Å². The standard InChI is InChI=1S/C44H44O6/c1-33-40-42(47-29-36-21-11-4-12-22-36)43(48-30-37-23-13-5-14-24-37)41(44(40,50-33)49-31-38-25-15-6-16-26-38)39(46-28-35-19-9-3-10-20-35)32-45-27-34-17-7-2-8-18-34/h2-26,39-43H,1,27-32H2. The lowest BCUT2D eigenvalue weighted by Gasteiger charge is -2.51. The summed E-state index contributed by atoms with van der Waals surface area (Å²) in [4.78, 5) is 0. The van der Waals surface area contributed by atoms with Gasteiger partial charge in [-0.25, -0.2) is 0 Å². The predicted molar refractivity (Wildman–Crippen MR) is 192 cm³/mol. The van der Waals surface area contributed by atoms with Crippen molar-refractivity contribution in [1.29, 1.82) is 0 Å². The summed E-state index contributed by atoms with van der Waals surface area (Å²) in [5.74, 6) is -1.21. The number of fused-ring (bicyclic) bond motifs is 1. The molecule has 2 fully saturated rings. The van der Waals surface area contributed by atoms with Gasteiger partial charge in [0.2, 0.25) is 5.79 Å². The van der Waals surface area contributed by atoms with Gasteiger partial charge in [-0.3, -0.25) is 0 Å². The van der Waals surface area contributed by atoms with Crippen LogP contribution in [0.5, 0.6) is 0 Å². The summed E-state index contributed by atoms with van der Waals surface area (Å²) in [6, 6.07) is 50.9. The lowest BCUT2D eigenvalue weighted by atomic mass is 9.85. The molecule has 0 aromatic heterocycles. The van der Waals surface area contributed by atoms with E-state index in [0.29, 0.717) is 45.4 Å². The molecule has 0 amide bonds. The molecule has 6 unspecified atom stereocenters. The Hall–Kier alpha value is -4.56. The third-order valence-electron chi connectivity index (χ3n) is 9.52. The van der Waals surface area contributed by atoms with Crippen LogP contribution < -0.4 is 0 Å². The van der Waals surface area contributed by atoms with Crippen LogP contribution in [0.2, 0.25) is 0 Å². The van der Waals surface area contributed by atoms with E-state index in [-0.39, 0.29) is 5.92 Å². The SMILES string of the molecule is C=C1OC2(OCc3ccccc3)C1C(OCc1ccccc1)C(OCc1ccccc1)C2C(COCc1ccccc1)OCc1ccccc1. The lowest BCUT2D eigenvalue weighted by Crippen LogP contribution is -2.59. The van der Waals surface area contributed by atoms with E-state index < -0.39 is 30.0 Å². The maximum Gasteiger partial charge on any atom is 0.231 e. The third kappa shape index (κ3) is 7.91. The summed E-state index contributed by atoms with van der Waals surface area (Å²) < 4.78 is 40.7. The summed E-state index contributed by atoms with van der Waals surface area (Å²) in [6.45, 7) is 6.60. The summed E-state index contributed by atoms with van der Waals surface area (Å²) in [5.41, 5.74) is 5.32. The van der Waals surface area contributed by atoms with Crippen LogP contribution in [0.25, 0.3) is 0 Å². The van der Waals surface area contributed by atoms with Gasteiger partial charge < -0.3 is 28.4 Å². The molecule has 0 N–H and O–H groups in total. The van der Waals surface area contributed by atoms with Crippen molar-refractivity contribution in [2.24, 2.45) is 11.8 Å². The highest BCUT2D eigenvalue weighted by Crippen LogP contribution is 2.60. The molecule has 1 aliphatic carbocycles. The van der Waals surface area contributed by atoms with E-state index in [1.807, 2.05) is 91.0 Å². The van der Waals surface area contributed by atoms with Crippen molar-refractivity contribution in [1.82, 2.24) is 0 Å². The van der Waals surface area contributed by atoms with Crippen LogP contribution in [0, 0.1) is 11.8 Å². The summed E-state index contributed by atoms with van der Waals surface area (Å²) in [6.07, 6.45) is -1.37. The molecule has 5 aromatic rings. The van der Waals surface area contributed by atoms with E-state index in [9.17, 15) is 0 Å².